The number of rotatable bonds is 7. The Balaban J connectivity index is 2.60. The molecule has 0 heterocycles. The Hall–Kier alpha value is -1.60. The van der Waals surface area contributed by atoms with Crippen LogP contribution in [0.1, 0.15) is 25.5 Å². The molecule has 0 fully saturated rings. The first-order valence-electron chi connectivity index (χ1n) is 7.39. The van der Waals surface area contributed by atoms with Crippen molar-refractivity contribution in [3.63, 3.8) is 0 Å². The van der Waals surface area contributed by atoms with Crippen LogP contribution in [0.15, 0.2) is 30.3 Å². The molecule has 130 valence electrons. The molecule has 2 unspecified atom stereocenters. The van der Waals surface area contributed by atoms with Crippen LogP contribution in [-0.2, 0) is 4.79 Å². The third-order valence-electron chi connectivity index (χ3n) is 3.42. The minimum atomic E-state index is -4.69. The molecule has 1 rings (SSSR count). The number of likely N-dealkylation sites (N-methyl/N-ethyl adjacent to an activating group) is 1. The van der Waals surface area contributed by atoms with Crippen molar-refractivity contribution in [3.05, 3.63) is 35.9 Å². The number of benzene rings is 1. The molecule has 0 saturated carbocycles. The molecule has 0 aliphatic carbocycles. The smallest absolute Gasteiger partial charge is 0.382 e. The van der Waals surface area contributed by atoms with Crippen LogP contribution in [0, 0.1) is 5.92 Å². The van der Waals surface area contributed by atoms with E-state index in [9.17, 15) is 18.0 Å². The molecule has 0 aliphatic rings. The summed E-state index contributed by atoms with van der Waals surface area (Å²) in [5.41, 5.74) is 0.939. The van der Waals surface area contributed by atoms with Gasteiger partial charge in [0.15, 0.2) is 6.10 Å². The lowest BCUT2D eigenvalue weighted by Crippen LogP contribution is -2.44. The number of aliphatic hydroxyl groups is 1. The van der Waals surface area contributed by atoms with E-state index in [1.807, 2.05) is 44.2 Å². The number of aliphatic hydroxyl groups excluding tert-OH is 1. The van der Waals surface area contributed by atoms with Gasteiger partial charge in [-0.3, -0.25) is 9.69 Å². The molecule has 7 heteroatoms. The molecule has 1 aromatic rings. The van der Waals surface area contributed by atoms with Gasteiger partial charge in [-0.2, -0.15) is 13.2 Å². The van der Waals surface area contributed by atoms with Crippen molar-refractivity contribution in [1.29, 1.82) is 0 Å². The van der Waals surface area contributed by atoms with Crippen molar-refractivity contribution >= 4 is 5.91 Å². The van der Waals surface area contributed by atoms with Gasteiger partial charge in [0.1, 0.15) is 0 Å². The predicted molar refractivity (Wildman–Crippen MR) is 81.7 cm³/mol. The third-order valence-corrected chi connectivity index (χ3v) is 3.42. The minimum absolute atomic E-state index is 0.132. The molecule has 2 N–H and O–H groups in total. The second kappa shape index (κ2) is 8.31. The predicted octanol–water partition coefficient (Wildman–Crippen LogP) is 2.35. The second-order valence-corrected chi connectivity index (χ2v) is 5.95. The molecule has 1 aromatic carbocycles. The number of amides is 1. The summed E-state index contributed by atoms with van der Waals surface area (Å²) >= 11 is 0. The quantitative estimate of drug-likeness (QED) is 0.806. The summed E-state index contributed by atoms with van der Waals surface area (Å²) in [6.07, 6.45) is -7.15. The highest BCUT2D eigenvalue weighted by Crippen LogP contribution is 2.22. The SMILES string of the molecule is CC(C)C(NC(=O)CN(C)CC(O)C(F)(F)F)c1ccccc1. The Bertz CT molecular complexity index is 492. The Morgan fingerprint density at radius 3 is 2.30 bits per heavy atom. The number of alkyl halides is 3. The van der Waals surface area contributed by atoms with Gasteiger partial charge in [0.2, 0.25) is 5.91 Å². The molecule has 1 amide bonds. The molecule has 0 radical (unpaired) electrons. The van der Waals surface area contributed by atoms with Crippen LogP contribution in [0.3, 0.4) is 0 Å². The first-order chi connectivity index (χ1) is 10.6. The zero-order valence-electron chi connectivity index (χ0n) is 13.5. The number of hydrogen-bond donors (Lipinski definition) is 2. The number of halogens is 3. The second-order valence-electron chi connectivity index (χ2n) is 5.95. The van der Waals surface area contributed by atoms with Crippen LogP contribution in [0.4, 0.5) is 13.2 Å². The van der Waals surface area contributed by atoms with Crippen LogP contribution >= 0.6 is 0 Å². The number of hydrogen-bond acceptors (Lipinski definition) is 3. The van der Waals surface area contributed by atoms with Crippen molar-refractivity contribution in [2.24, 2.45) is 5.92 Å². The summed E-state index contributed by atoms with van der Waals surface area (Å²) in [6.45, 7) is 3.04. The molecule has 0 saturated heterocycles. The normalized spacial score (nSPS) is 14.8. The van der Waals surface area contributed by atoms with Crippen molar-refractivity contribution in [2.75, 3.05) is 20.1 Å². The highest BCUT2D eigenvalue weighted by Gasteiger charge is 2.38. The average molecular weight is 332 g/mol. The van der Waals surface area contributed by atoms with E-state index in [0.29, 0.717) is 0 Å². The lowest BCUT2D eigenvalue weighted by molar-refractivity contribution is -0.207. The highest BCUT2D eigenvalue weighted by atomic mass is 19.4. The van der Waals surface area contributed by atoms with E-state index in [0.717, 1.165) is 10.5 Å². The summed E-state index contributed by atoms with van der Waals surface area (Å²) in [4.78, 5) is 13.2. The summed E-state index contributed by atoms with van der Waals surface area (Å²) in [7, 11) is 1.36. The van der Waals surface area contributed by atoms with Gasteiger partial charge in [-0.1, -0.05) is 44.2 Å². The fraction of sp³-hybridized carbons (Fsp3) is 0.562. The topological polar surface area (TPSA) is 52.6 Å². The van der Waals surface area contributed by atoms with Crippen LogP contribution in [0.5, 0.6) is 0 Å². The van der Waals surface area contributed by atoms with Crippen LogP contribution in [0.2, 0.25) is 0 Å². The first-order valence-corrected chi connectivity index (χ1v) is 7.39. The zero-order chi connectivity index (χ0) is 17.6. The summed E-state index contributed by atoms with van der Waals surface area (Å²) < 4.78 is 36.9. The highest BCUT2D eigenvalue weighted by molar-refractivity contribution is 5.78. The van der Waals surface area contributed by atoms with E-state index in [-0.39, 0.29) is 24.4 Å². The van der Waals surface area contributed by atoms with E-state index in [1.54, 1.807) is 0 Å². The maximum Gasteiger partial charge on any atom is 0.415 e. The summed E-state index contributed by atoms with van der Waals surface area (Å²) in [5, 5.41) is 11.9. The zero-order valence-corrected chi connectivity index (χ0v) is 13.5. The monoisotopic (exact) mass is 332 g/mol. The summed E-state index contributed by atoms with van der Waals surface area (Å²) in [6, 6.07) is 9.16. The van der Waals surface area contributed by atoms with E-state index < -0.39 is 18.8 Å². The molecule has 0 spiro atoms. The van der Waals surface area contributed by atoms with Gasteiger partial charge < -0.3 is 10.4 Å². The van der Waals surface area contributed by atoms with Gasteiger partial charge in [0.25, 0.3) is 0 Å². The van der Waals surface area contributed by atoms with Gasteiger partial charge in [-0.15, -0.1) is 0 Å². The van der Waals surface area contributed by atoms with Crippen molar-refractivity contribution < 1.29 is 23.1 Å². The lowest BCUT2D eigenvalue weighted by atomic mass is 9.96. The van der Waals surface area contributed by atoms with Crippen LogP contribution in [-0.4, -0.2) is 48.3 Å². The molecule has 4 nitrogen and oxygen atoms in total. The Morgan fingerprint density at radius 2 is 1.83 bits per heavy atom. The van der Waals surface area contributed by atoms with Gasteiger partial charge >= 0.3 is 6.18 Å². The fourth-order valence-electron chi connectivity index (χ4n) is 2.22. The molecule has 0 aliphatic heterocycles. The van der Waals surface area contributed by atoms with Crippen molar-refractivity contribution in [2.45, 2.75) is 32.2 Å². The van der Waals surface area contributed by atoms with Gasteiger partial charge in [-0.25, -0.2) is 0 Å². The van der Waals surface area contributed by atoms with E-state index in [2.05, 4.69) is 5.32 Å². The first kappa shape index (κ1) is 19.4. The number of nitrogens with zero attached hydrogens (tertiary/aromatic N) is 1. The lowest BCUT2D eigenvalue weighted by Gasteiger charge is -2.26. The van der Waals surface area contributed by atoms with Crippen LogP contribution < -0.4 is 5.32 Å². The van der Waals surface area contributed by atoms with Gasteiger partial charge in [0, 0.05) is 6.54 Å². The van der Waals surface area contributed by atoms with Crippen LogP contribution in [0.25, 0.3) is 0 Å². The number of nitrogens with one attached hydrogen (secondary N) is 1. The fourth-order valence-corrected chi connectivity index (χ4v) is 2.22. The Kier molecular flexibility index (Phi) is 7.02. The standard InChI is InChI=1S/C16H23F3N2O2/c1-11(2)15(12-7-5-4-6-8-12)20-14(23)10-21(3)9-13(22)16(17,18)19/h4-8,11,13,15,22H,9-10H2,1-3H3,(H,20,23). The van der Waals surface area contributed by atoms with E-state index >= 15 is 0 Å². The molecular weight excluding hydrogens is 309 g/mol. The molecule has 23 heavy (non-hydrogen) atoms. The third kappa shape index (κ3) is 6.58. The van der Waals surface area contributed by atoms with E-state index in [4.69, 9.17) is 5.11 Å². The Morgan fingerprint density at radius 1 is 1.26 bits per heavy atom. The van der Waals surface area contributed by atoms with Gasteiger partial charge in [0.05, 0.1) is 12.6 Å². The maximum atomic E-state index is 12.3. The van der Waals surface area contributed by atoms with Crippen molar-refractivity contribution in [3.8, 4) is 0 Å². The van der Waals surface area contributed by atoms with E-state index in [1.165, 1.54) is 7.05 Å². The Labute approximate surface area is 134 Å². The molecule has 0 bridgehead atoms. The van der Waals surface area contributed by atoms with Gasteiger partial charge in [-0.05, 0) is 18.5 Å². The maximum absolute atomic E-state index is 12.3. The molecular formula is C16H23F3N2O2. The summed E-state index contributed by atoms with van der Waals surface area (Å²) in [5.74, 6) is -0.253. The van der Waals surface area contributed by atoms with Crippen molar-refractivity contribution in [1.82, 2.24) is 10.2 Å². The number of carbonyl (C=O) groups is 1. The minimum Gasteiger partial charge on any atom is -0.382 e. The largest absolute Gasteiger partial charge is 0.415 e. The molecule has 2 atom stereocenters. The average Bonchev–Trinajstić information content (AvgIpc) is 2.44. The number of carbonyl (C=O) groups excluding carboxylic acids is 1. The molecule has 0 aromatic heterocycles.